The third-order valence-corrected chi connectivity index (χ3v) is 5.00. The van der Waals surface area contributed by atoms with Crippen LogP contribution in [0.4, 0.5) is 0 Å². The lowest BCUT2D eigenvalue weighted by Crippen LogP contribution is -2.40. The molecule has 2 unspecified atom stereocenters. The topological polar surface area (TPSA) is 71.1 Å². The third-order valence-electron chi connectivity index (χ3n) is 3.65. The second-order valence-electron chi connectivity index (χ2n) is 5.30. The van der Waals surface area contributed by atoms with Crippen molar-refractivity contribution in [2.75, 3.05) is 32.0 Å². The first-order chi connectivity index (χ1) is 10.7. The van der Waals surface area contributed by atoms with Crippen molar-refractivity contribution in [3.05, 3.63) is 42.0 Å². The molecule has 1 saturated heterocycles. The lowest BCUT2D eigenvalue weighted by molar-refractivity contribution is -0.0321. The summed E-state index contributed by atoms with van der Waals surface area (Å²) in [6, 6.07) is 9.60. The average molecular weight is 320 g/mol. The van der Waals surface area contributed by atoms with Crippen molar-refractivity contribution in [3.63, 3.8) is 0 Å². The second kappa shape index (κ2) is 7.13. The van der Waals surface area contributed by atoms with Gasteiger partial charge in [0, 0.05) is 30.3 Å². The summed E-state index contributed by atoms with van der Waals surface area (Å²) in [6.07, 6.45) is -0.108. The van der Waals surface area contributed by atoms with Crippen LogP contribution in [0.5, 0.6) is 0 Å². The van der Waals surface area contributed by atoms with Gasteiger partial charge in [-0.15, -0.1) is 0 Å². The maximum Gasteiger partial charge on any atom is 0.180 e. The number of aromatic amines is 1. The van der Waals surface area contributed by atoms with Crippen molar-refractivity contribution in [2.24, 2.45) is 0 Å². The van der Waals surface area contributed by atoms with E-state index in [1.54, 1.807) is 0 Å². The second-order valence-corrected chi connectivity index (χ2v) is 6.87. The summed E-state index contributed by atoms with van der Waals surface area (Å²) < 4.78 is 18.0. The minimum atomic E-state index is -0.957. The highest BCUT2D eigenvalue weighted by molar-refractivity contribution is 7.85. The molecule has 0 amide bonds. The lowest BCUT2D eigenvalue weighted by atomic mass is 10.2. The quantitative estimate of drug-likeness (QED) is 0.899. The number of ether oxygens (including phenoxy) is 1. The zero-order valence-electron chi connectivity index (χ0n) is 12.6. The summed E-state index contributed by atoms with van der Waals surface area (Å²) in [6.45, 7) is 4.90. The van der Waals surface area contributed by atoms with Crippen LogP contribution >= 0.6 is 0 Å². The fourth-order valence-corrected chi connectivity index (χ4v) is 3.59. The van der Waals surface area contributed by atoms with Crippen LogP contribution in [0.25, 0.3) is 0 Å². The fraction of sp³-hybridized carbons (Fsp3) is 0.467. The van der Waals surface area contributed by atoms with Crippen LogP contribution in [0, 0.1) is 6.92 Å². The molecule has 0 bridgehead atoms. The first-order valence-electron chi connectivity index (χ1n) is 7.38. The maximum atomic E-state index is 12.3. The van der Waals surface area contributed by atoms with Crippen molar-refractivity contribution in [1.82, 2.24) is 20.1 Å². The van der Waals surface area contributed by atoms with Crippen molar-refractivity contribution in [2.45, 2.75) is 17.9 Å². The van der Waals surface area contributed by atoms with Gasteiger partial charge < -0.3 is 4.74 Å². The number of hydrogen-bond donors (Lipinski definition) is 1. The van der Waals surface area contributed by atoms with Crippen LogP contribution in [0.15, 0.2) is 35.2 Å². The molecule has 2 heterocycles. The summed E-state index contributed by atoms with van der Waals surface area (Å²) in [5, 5.41) is 7.01. The molecule has 7 heteroatoms. The Hall–Kier alpha value is -1.57. The number of benzene rings is 1. The summed E-state index contributed by atoms with van der Waals surface area (Å²) in [5.41, 5.74) is 0. The van der Waals surface area contributed by atoms with Crippen LogP contribution in [-0.4, -0.2) is 56.3 Å². The fourth-order valence-electron chi connectivity index (χ4n) is 2.47. The molecule has 1 fully saturated rings. The standard InChI is InChI=1S/C15H20N4O2S/c1-12-16-15(18-17-12)14-11-19(7-9-21-14)8-10-22(20)13-5-3-2-4-6-13/h2-6,14H,7-11H2,1H3,(H,16,17,18). The van der Waals surface area contributed by atoms with Gasteiger partial charge in [0.1, 0.15) is 11.9 Å². The van der Waals surface area contributed by atoms with Gasteiger partial charge in [0.05, 0.1) is 17.4 Å². The molecule has 1 aliphatic rings. The van der Waals surface area contributed by atoms with Crippen LogP contribution < -0.4 is 0 Å². The monoisotopic (exact) mass is 320 g/mol. The van der Waals surface area contributed by atoms with E-state index in [2.05, 4.69) is 20.1 Å². The third kappa shape index (κ3) is 3.79. The number of rotatable bonds is 5. The van der Waals surface area contributed by atoms with Gasteiger partial charge in [-0.2, -0.15) is 5.10 Å². The van der Waals surface area contributed by atoms with Gasteiger partial charge in [-0.25, -0.2) is 4.98 Å². The first-order valence-corrected chi connectivity index (χ1v) is 8.70. The Morgan fingerprint density at radius 2 is 2.23 bits per heavy atom. The van der Waals surface area contributed by atoms with Gasteiger partial charge in [0.2, 0.25) is 0 Å². The number of H-pyrrole nitrogens is 1. The van der Waals surface area contributed by atoms with E-state index < -0.39 is 10.8 Å². The molecule has 2 atom stereocenters. The molecule has 1 aromatic heterocycles. The highest BCUT2D eigenvalue weighted by Crippen LogP contribution is 2.19. The summed E-state index contributed by atoms with van der Waals surface area (Å²) >= 11 is 0. The van der Waals surface area contributed by atoms with E-state index in [-0.39, 0.29) is 6.10 Å². The van der Waals surface area contributed by atoms with E-state index >= 15 is 0 Å². The molecular formula is C15H20N4O2S. The van der Waals surface area contributed by atoms with Gasteiger partial charge in [-0.1, -0.05) is 18.2 Å². The molecular weight excluding hydrogens is 300 g/mol. The molecule has 0 radical (unpaired) electrons. The molecule has 22 heavy (non-hydrogen) atoms. The summed E-state index contributed by atoms with van der Waals surface area (Å²) in [5.74, 6) is 2.12. The van der Waals surface area contributed by atoms with E-state index in [1.165, 1.54) is 0 Å². The average Bonchev–Trinajstić information content (AvgIpc) is 3.00. The van der Waals surface area contributed by atoms with E-state index in [0.717, 1.165) is 30.4 Å². The van der Waals surface area contributed by atoms with Crippen molar-refractivity contribution >= 4 is 10.8 Å². The van der Waals surface area contributed by atoms with E-state index in [4.69, 9.17) is 4.74 Å². The Balaban J connectivity index is 1.53. The number of nitrogens with zero attached hydrogens (tertiary/aromatic N) is 3. The smallest absolute Gasteiger partial charge is 0.180 e. The van der Waals surface area contributed by atoms with Gasteiger partial charge in [0.25, 0.3) is 0 Å². The molecule has 6 nitrogen and oxygen atoms in total. The SMILES string of the molecule is Cc1nc(C2CN(CCS(=O)c3ccccc3)CCO2)n[nH]1. The van der Waals surface area contributed by atoms with Gasteiger partial charge in [-0.3, -0.25) is 14.2 Å². The summed E-state index contributed by atoms with van der Waals surface area (Å²) in [4.78, 5) is 7.48. The van der Waals surface area contributed by atoms with Crippen molar-refractivity contribution in [1.29, 1.82) is 0 Å². The predicted octanol–water partition coefficient (Wildman–Crippen LogP) is 1.29. The zero-order valence-corrected chi connectivity index (χ0v) is 13.4. The molecule has 1 aliphatic heterocycles. The van der Waals surface area contributed by atoms with Crippen LogP contribution in [0.3, 0.4) is 0 Å². The normalized spacial score (nSPS) is 20.9. The van der Waals surface area contributed by atoms with Crippen molar-refractivity contribution in [3.8, 4) is 0 Å². The number of morpholine rings is 1. The Labute approximate surface area is 132 Å². The minimum absolute atomic E-state index is 0.108. The Kier molecular flexibility index (Phi) is 4.97. The largest absolute Gasteiger partial charge is 0.367 e. The number of aromatic nitrogens is 3. The molecule has 1 aromatic carbocycles. The van der Waals surface area contributed by atoms with Crippen molar-refractivity contribution < 1.29 is 8.95 Å². The molecule has 0 aliphatic carbocycles. The highest BCUT2D eigenvalue weighted by Gasteiger charge is 2.25. The van der Waals surface area contributed by atoms with E-state index in [1.807, 2.05) is 37.3 Å². The maximum absolute atomic E-state index is 12.3. The lowest BCUT2D eigenvalue weighted by Gasteiger charge is -2.31. The molecule has 118 valence electrons. The zero-order chi connectivity index (χ0) is 15.4. The van der Waals surface area contributed by atoms with E-state index in [9.17, 15) is 4.21 Å². The predicted molar refractivity (Wildman–Crippen MR) is 84.0 cm³/mol. The highest BCUT2D eigenvalue weighted by atomic mass is 32.2. The van der Waals surface area contributed by atoms with Crippen LogP contribution in [-0.2, 0) is 15.5 Å². The molecule has 1 N–H and O–H groups in total. The van der Waals surface area contributed by atoms with Gasteiger partial charge >= 0.3 is 0 Å². The first kappa shape index (κ1) is 15.3. The molecule has 3 rings (SSSR count). The molecule has 2 aromatic rings. The Morgan fingerprint density at radius 3 is 2.95 bits per heavy atom. The minimum Gasteiger partial charge on any atom is -0.367 e. The van der Waals surface area contributed by atoms with Gasteiger partial charge in [0.15, 0.2) is 5.82 Å². The Morgan fingerprint density at radius 1 is 1.41 bits per heavy atom. The summed E-state index contributed by atoms with van der Waals surface area (Å²) in [7, 11) is -0.957. The van der Waals surface area contributed by atoms with E-state index in [0.29, 0.717) is 18.2 Å². The van der Waals surface area contributed by atoms with Crippen LogP contribution in [0.2, 0.25) is 0 Å². The Bertz CT molecular complexity index is 631. The number of aryl methyl sites for hydroxylation is 1. The molecule has 0 saturated carbocycles. The molecule has 0 spiro atoms. The number of hydrogen-bond acceptors (Lipinski definition) is 5. The van der Waals surface area contributed by atoms with Gasteiger partial charge in [-0.05, 0) is 19.1 Å². The number of nitrogens with one attached hydrogen (secondary N) is 1. The van der Waals surface area contributed by atoms with Crippen LogP contribution in [0.1, 0.15) is 17.8 Å².